The molecule has 6 nitrogen and oxygen atoms in total. The molecule has 0 unspecified atom stereocenters. The maximum atomic E-state index is 12.2. The number of nitrogens with one attached hydrogen (secondary N) is 1. The second-order valence-corrected chi connectivity index (χ2v) is 6.86. The van der Waals surface area contributed by atoms with Crippen LogP contribution in [0.1, 0.15) is 28.0 Å². The van der Waals surface area contributed by atoms with Gasteiger partial charge < -0.3 is 15.2 Å². The predicted molar refractivity (Wildman–Crippen MR) is 98.3 cm³/mol. The standard InChI is InChI=1S/C19H16N2O4S/c1-25-12-5-2-4-11(8-12)15(22)9-16(23)18(24)21-19-14(10-20)13-6-3-7-17(13)26-19/h2,4-5,8-9,22H,3,6-7H2,1H3,(H,21,24). The molecule has 132 valence electrons. The number of fused-ring (bicyclic) bond motifs is 1. The molecule has 1 aromatic heterocycles. The Hall–Kier alpha value is -3.11. The van der Waals surface area contributed by atoms with Gasteiger partial charge in [-0.25, -0.2) is 0 Å². The first-order valence-electron chi connectivity index (χ1n) is 7.98. The molecule has 1 aliphatic rings. The van der Waals surface area contributed by atoms with Gasteiger partial charge in [0.25, 0.3) is 5.91 Å². The molecule has 1 aromatic carbocycles. The van der Waals surface area contributed by atoms with Gasteiger partial charge in [-0.05, 0) is 37.0 Å². The van der Waals surface area contributed by atoms with Gasteiger partial charge in [0.1, 0.15) is 22.6 Å². The van der Waals surface area contributed by atoms with E-state index in [-0.39, 0.29) is 5.76 Å². The van der Waals surface area contributed by atoms with Gasteiger partial charge in [-0.2, -0.15) is 5.26 Å². The number of carbonyl (C=O) groups excluding carboxylic acids is 2. The summed E-state index contributed by atoms with van der Waals surface area (Å²) in [5, 5.41) is 22.3. The Morgan fingerprint density at radius 1 is 1.38 bits per heavy atom. The number of rotatable bonds is 5. The van der Waals surface area contributed by atoms with E-state index in [1.54, 1.807) is 24.3 Å². The third-order valence-electron chi connectivity index (χ3n) is 4.12. The zero-order valence-electron chi connectivity index (χ0n) is 14.0. The predicted octanol–water partition coefficient (Wildman–Crippen LogP) is 3.22. The number of thiophene rings is 1. The number of nitriles is 1. The van der Waals surface area contributed by atoms with Crippen LogP contribution in [-0.2, 0) is 22.4 Å². The molecule has 2 aromatic rings. The van der Waals surface area contributed by atoms with Crippen LogP contribution in [0, 0.1) is 11.3 Å². The van der Waals surface area contributed by atoms with Crippen LogP contribution in [0.4, 0.5) is 5.00 Å². The lowest BCUT2D eigenvalue weighted by Gasteiger charge is -2.04. The molecular formula is C19H16N2O4S. The smallest absolute Gasteiger partial charge is 0.296 e. The number of ether oxygens (including phenoxy) is 1. The van der Waals surface area contributed by atoms with Gasteiger partial charge in [0.05, 0.1) is 12.7 Å². The van der Waals surface area contributed by atoms with Crippen LogP contribution in [0.25, 0.3) is 5.76 Å². The average Bonchev–Trinajstić information content (AvgIpc) is 3.22. The highest BCUT2D eigenvalue weighted by Gasteiger charge is 2.24. The fourth-order valence-electron chi connectivity index (χ4n) is 2.83. The van der Waals surface area contributed by atoms with Crippen LogP contribution in [0.5, 0.6) is 5.75 Å². The van der Waals surface area contributed by atoms with Crippen LogP contribution in [-0.4, -0.2) is 23.9 Å². The topological polar surface area (TPSA) is 99.4 Å². The minimum atomic E-state index is -0.900. The highest BCUT2D eigenvalue weighted by molar-refractivity contribution is 7.16. The molecule has 1 amide bonds. The van der Waals surface area contributed by atoms with Crippen LogP contribution in [0.2, 0.25) is 0 Å². The lowest BCUT2D eigenvalue weighted by molar-refractivity contribution is -0.131. The normalized spacial score (nSPS) is 13.0. The van der Waals surface area contributed by atoms with Crippen molar-refractivity contribution in [3.05, 3.63) is 51.9 Å². The fourth-order valence-corrected chi connectivity index (χ4v) is 4.07. The molecule has 1 aliphatic carbocycles. The third-order valence-corrected chi connectivity index (χ3v) is 5.32. The minimum absolute atomic E-state index is 0.335. The number of hydrogen-bond acceptors (Lipinski definition) is 6. The van der Waals surface area contributed by atoms with Gasteiger partial charge in [-0.3, -0.25) is 9.59 Å². The van der Waals surface area contributed by atoms with E-state index in [0.717, 1.165) is 35.8 Å². The third kappa shape index (κ3) is 3.46. The molecule has 0 spiro atoms. The van der Waals surface area contributed by atoms with Crippen molar-refractivity contribution in [2.45, 2.75) is 19.3 Å². The number of ketones is 1. The maximum Gasteiger partial charge on any atom is 0.296 e. The van der Waals surface area contributed by atoms with Gasteiger partial charge >= 0.3 is 0 Å². The number of anilines is 1. The van der Waals surface area contributed by atoms with Crippen molar-refractivity contribution in [2.75, 3.05) is 12.4 Å². The van der Waals surface area contributed by atoms with Crippen LogP contribution < -0.4 is 10.1 Å². The number of hydrogen-bond donors (Lipinski definition) is 2. The van der Waals surface area contributed by atoms with Crippen molar-refractivity contribution in [1.82, 2.24) is 0 Å². The molecule has 0 aliphatic heterocycles. The second-order valence-electron chi connectivity index (χ2n) is 5.75. The first-order valence-corrected chi connectivity index (χ1v) is 8.80. The SMILES string of the molecule is COc1cccc(C(O)=CC(=O)C(=O)Nc2sc3c(c2C#N)CCC3)c1. The molecule has 7 heteroatoms. The Bertz CT molecular complexity index is 953. The molecule has 0 radical (unpaired) electrons. The molecule has 3 rings (SSSR count). The Labute approximate surface area is 154 Å². The molecule has 0 bridgehead atoms. The molecule has 2 N–H and O–H groups in total. The number of aliphatic hydroxyl groups is 1. The summed E-state index contributed by atoms with van der Waals surface area (Å²) < 4.78 is 5.06. The van der Waals surface area contributed by atoms with Gasteiger partial charge in [0.15, 0.2) is 0 Å². The zero-order valence-corrected chi connectivity index (χ0v) is 14.9. The zero-order chi connectivity index (χ0) is 18.7. The quantitative estimate of drug-likeness (QED) is 0.479. The van der Waals surface area contributed by atoms with Crippen molar-refractivity contribution < 1.29 is 19.4 Å². The summed E-state index contributed by atoms with van der Waals surface area (Å²) in [6.45, 7) is 0. The Kier molecular flexibility index (Phi) is 5.05. The maximum absolute atomic E-state index is 12.2. The summed E-state index contributed by atoms with van der Waals surface area (Å²) in [5.74, 6) is -1.61. The highest BCUT2D eigenvalue weighted by Crippen LogP contribution is 2.38. The van der Waals surface area contributed by atoms with Crippen LogP contribution in [0.15, 0.2) is 30.3 Å². The summed E-state index contributed by atoms with van der Waals surface area (Å²) in [4.78, 5) is 25.3. The number of aryl methyl sites for hydroxylation is 1. The van der Waals surface area contributed by atoms with Crippen molar-refractivity contribution in [2.24, 2.45) is 0 Å². The Morgan fingerprint density at radius 3 is 2.92 bits per heavy atom. The number of amides is 1. The summed E-state index contributed by atoms with van der Waals surface area (Å²) in [7, 11) is 1.49. The number of nitrogens with zero attached hydrogens (tertiary/aromatic N) is 1. The first kappa shape index (κ1) is 17.7. The summed E-state index contributed by atoms with van der Waals surface area (Å²) in [6, 6.07) is 8.61. The summed E-state index contributed by atoms with van der Waals surface area (Å²) in [5.41, 5.74) is 1.76. The number of benzene rings is 1. The van der Waals surface area contributed by atoms with Gasteiger partial charge in [0.2, 0.25) is 5.78 Å². The molecule has 26 heavy (non-hydrogen) atoms. The van der Waals surface area contributed by atoms with Crippen LogP contribution in [0.3, 0.4) is 0 Å². The molecule has 0 saturated carbocycles. The van der Waals surface area contributed by atoms with Gasteiger partial charge in [0, 0.05) is 16.5 Å². The molecule has 0 saturated heterocycles. The Morgan fingerprint density at radius 2 is 2.19 bits per heavy atom. The number of aliphatic hydroxyl groups excluding tert-OH is 1. The first-order chi connectivity index (χ1) is 12.5. The van der Waals surface area contributed by atoms with Crippen molar-refractivity contribution in [3.63, 3.8) is 0 Å². The van der Waals surface area contributed by atoms with E-state index in [1.807, 2.05) is 0 Å². The number of methoxy groups -OCH3 is 1. The largest absolute Gasteiger partial charge is 0.507 e. The van der Waals surface area contributed by atoms with Crippen molar-refractivity contribution >= 4 is 33.8 Å². The van der Waals surface area contributed by atoms with Gasteiger partial charge in [-0.1, -0.05) is 12.1 Å². The summed E-state index contributed by atoms with van der Waals surface area (Å²) in [6.07, 6.45) is 3.56. The summed E-state index contributed by atoms with van der Waals surface area (Å²) >= 11 is 1.33. The van der Waals surface area contributed by atoms with E-state index >= 15 is 0 Å². The van der Waals surface area contributed by atoms with Crippen molar-refractivity contribution in [3.8, 4) is 11.8 Å². The fraction of sp³-hybridized carbons (Fsp3) is 0.211. The van der Waals surface area contributed by atoms with Crippen molar-refractivity contribution in [1.29, 1.82) is 5.26 Å². The monoisotopic (exact) mass is 368 g/mol. The molecular weight excluding hydrogens is 352 g/mol. The molecule has 1 heterocycles. The molecule has 0 atom stereocenters. The molecule has 0 fully saturated rings. The average molecular weight is 368 g/mol. The Balaban J connectivity index is 1.76. The lowest BCUT2D eigenvalue weighted by Crippen LogP contribution is -2.21. The van der Waals surface area contributed by atoms with E-state index in [9.17, 15) is 20.0 Å². The van der Waals surface area contributed by atoms with E-state index < -0.39 is 11.7 Å². The highest BCUT2D eigenvalue weighted by atomic mass is 32.1. The van der Waals surface area contributed by atoms with E-state index in [1.165, 1.54) is 18.4 Å². The second kappa shape index (κ2) is 7.42. The number of carbonyl (C=O) groups is 2. The minimum Gasteiger partial charge on any atom is -0.507 e. The van der Waals surface area contributed by atoms with Crippen LogP contribution >= 0.6 is 11.3 Å². The van der Waals surface area contributed by atoms with Gasteiger partial charge in [-0.15, -0.1) is 11.3 Å². The van der Waals surface area contributed by atoms with E-state index in [2.05, 4.69) is 11.4 Å². The van der Waals surface area contributed by atoms with E-state index in [4.69, 9.17) is 4.74 Å². The lowest BCUT2D eigenvalue weighted by atomic mass is 10.1. The van der Waals surface area contributed by atoms with E-state index in [0.29, 0.717) is 21.9 Å².